The van der Waals surface area contributed by atoms with Crippen LogP contribution in [-0.2, 0) is 10.0 Å². The van der Waals surface area contributed by atoms with E-state index in [0.717, 1.165) is 0 Å². The second-order valence-electron chi connectivity index (χ2n) is 5.62. The van der Waals surface area contributed by atoms with Gasteiger partial charge in [0, 0.05) is 18.8 Å². The van der Waals surface area contributed by atoms with E-state index in [4.69, 9.17) is 4.42 Å². The van der Waals surface area contributed by atoms with Crippen molar-refractivity contribution in [1.29, 1.82) is 0 Å². The van der Waals surface area contributed by atoms with Crippen LogP contribution >= 0.6 is 0 Å². The Bertz CT molecular complexity index is 817. The number of aliphatic hydroxyl groups is 1. The van der Waals surface area contributed by atoms with Gasteiger partial charge in [0.15, 0.2) is 5.76 Å². The SMILES string of the molecule is O=C(Nc1cccc(S(=O)(=O)N2CCC[C@H](O)C2)c1)c1ccco1. The third-order valence-electron chi connectivity index (χ3n) is 3.83. The van der Waals surface area contributed by atoms with Crippen molar-refractivity contribution in [1.82, 2.24) is 4.31 Å². The van der Waals surface area contributed by atoms with Crippen molar-refractivity contribution in [3.63, 3.8) is 0 Å². The number of piperidine rings is 1. The molecule has 0 spiro atoms. The molecule has 0 bridgehead atoms. The van der Waals surface area contributed by atoms with E-state index in [9.17, 15) is 18.3 Å². The number of anilines is 1. The maximum atomic E-state index is 12.7. The van der Waals surface area contributed by atoms with Gasteiger partial charge in [0.1, 0.15) is 0 Å². The molecule has 0 aliphatic carbocycles. The van der Waals surface area contributed by atoms with Crippen LogP contribution in [0.25, 0.3) is 0 Å². The van der Waals surface area contributed by atoms with Gasteiger partial charge >= 0.3 is 0 Å². The highest BCUT2D eigenvalue weighted by molar-refractivity contribution is 7.89. The first-order chi connectivity index (χ1) is 11.5. The van der Waals surface area contributed by atoms with Crippen LogP contribution in [0.1, 0.15) is 23.4 Å². The van der Waals surface area contributed by atoms with Gasteiger partial charge in [-0.1, -0.05) is 6.07 Å². The number of benzene rings is 1. The second-order valence-corrected chi connectivity index (χ2v) is 7.56. The molecule has 0 radical (unpaired) electrons. The highest BCUT2D eigenvalue weighted by atomic mass is 32.2. The number of amides is 1. The standard InChI is InChI=1S/C16H18N2O5S/c19-13-5-2-8-18(11-13)24(21,22)14-6-1-4-12(10-14)17-16(20)15-7-3-9-23-15/h1,3-4,6-7,9-10,13,19H,2,5,8,11H2,(H,17,20)/t13-/m0/s1. The number of hydrogen-bond donors (Lipinski definition) is 2. The molecular weight excluding hydrogens is 332 g/mol. The summed E-state index contributed by atoms with van der Waals surface area (Å²) in [6, 6.07) is 9.15. The summed E-state index contributed by atoms with van der Waals surface area (Å²) < 4.78 is 31.6. The Morgan fingerprint density at radius 2 is 2.12 bits per heavy atom. The number of sulfonamides is 1. The summed E-state index contributed by atoms with van der Waals surface area (Å²) in [4.78, 5) is 12.1. The molecule has 1 aromatic heterocycles. The fourth-order valence-electron chi connectivity index (χ4n) is 2.62. The number of carbonyl (C=O) groups excluding carboxylic acids is 1. The van der Waals surface area contributed by atoms with Crippen LogP contribution in [0.2, 0.25) is 0 Å². The zero-order valence-corrected chi connectivity index (χ0v) is 13.7. The van der Waals surface area contributed by atoms with Gasteiger partial charge in [-0.25, -0.2) is 8.42 Å². The van der Waals surface area contributed by atoms with Crippen LogP contribution < -0.4 is 5.32 Å². The lowest BCUT2D eigenvalue weighted by molar-refractivity contribution is 0.0996. The lowest BCUT2D eigenvalue weighted by atomic mass is 10.1. The van der Waals surface area contributed by atoms with Gasteiger partial charge in [-0.3, -0.25) is 4.79 Å². The zero-order chi connectivity index (χ0) is 17.2. The highest BCUT2D eigenvalue weighted by Crippen LogP contribution is 2.23. The molecule has 2 aromatic rings. The molecule has 1 aromatic carbocycles. The van der Waals surface area contributed by atoms with Crippen LogP contribution in [0.5, 0.6) is 0 Å². The molecule has 7 nitrogen and oxygen atoms in total. The van der Waals surface area contributed by atoms with Gasteiger partial charge in [-0.15, -0.1) is 0 Å². The van der Waals surface area contributed by atoms with E-state index in [1.54, 1.807) is 18.2 Å². The van der Waals surface area contributed by atoms with Gasteiger partial charge in [0.2, 0.25) is 10.0 Å². The number of rotatable bonds is 4. The monoisotopic (exact) mass is 350 g/mol. The summed E-state index contributed by atoms with van der Waals surface area (Å²) in [5.41, 5.74) is 0.357. The summed E-state index contributed by atoms with van der Waals surface area (Å²) in [7, 11) is -3.71. The summed E-state index contributed by atoms with van der Waals surface area (Å²) in [6.07, 6.45) is 1.97. The number of carbonyl (C=O) groups is 1. The topological polar surface area (TPSA) is 99.9 Å². The first-order valence-electron chi connectivity index (χ1n) is 7.60. The zero-order valence-electron chi connectivity index (χ0n) is 12.9. The fourth-order valence-corrected chi connectivity index (χ4v) is 4.19. The molecule has 1 amide bonds. The number of hydrogen-bond acceptors (Lipinski definition) is 5. The molecule has 2 N–H and O–H groups in total. The van der Waals surface area contributed by atoms with Gasteiger partial charge < -0.3 is 14.8 Å². The lowest BCUT2D eigenvalue weighted by Gasteiger charge is -2.29. The first kappa shape index (κ1) is 16.7. The number of nitrogens with zero attached hydrogens (tertiary/aromatic N) is 1. The highest BCUT2D eigenvalue weighted by Gasteiger charge is 2.29. The Labute approximate surface area is 139 Å². The van der Waals surface area contributed by atoms with E-state index in [2.05, 4.69) is 5.32 Å². The normalized spacial score (nSPS) is 19.1. The summed E-state index contributed by atoms with van der Waals surface area (Å²) in [5.74, 6) is -0.314. The van der Waals surface area contributed by atoms with E-state index in [1.807, 2.05) is 0 Å². The van der Waals surface area contributed by atoms with Crippen molar-refractivity contribution in [2.24, 2.45) is 0 Å². The van der Waals surface area contributed by atoms with E-state index in [1.165, 1.54) is 28.8 Å². The molecule has 1 atom stereocenters. The third kappa shape index (κ3) is 3.50. The van der Waals surface area contributed by atoms with Crippen LogP contribution in [0, 0.1) is 0 Å². The Hall–Kier alpha value is -2.16. The van der Waals surface area contributed by atoms with Crippen molar-refractivity contribution >= 4 is 21.6 Å². The quantitative estimate of drug-likeness (QED) is 0.874. The Kier molecular flexibility index (Phi) is 4.70. The van der Waals surface area contributed by atoms with Crippen LogP contribution in [0.15, 0.2) is 52.0 Å². The minimum atomic E-state index is -3.71. The lowest BCUT2D eigenvalue weighted by Crippen LogP contribution is -2.42. The number of aliphatic hydroxyl groups excluding tert-OH is 1. The predicted molar refractivity (Wildman–Crippen MR) is 87.1 cm³/mol. The molecule has 1 fully saturated rings. The van der Waals surface area contributed by atoms with Crippen LogP contribution in [0.3, 0.4) is 0 Å². The maximum Gasteiger partial charge on any atom is 0.291 e. The Morgan fingerprint density at radius 1 is 1.29 bits per heavy atom. The van der Waals surface area contributed by atoms with Crippen LogP contribution in [0.4, 0.5) is 5.69 Å². The molecule has 3 rings (SSSR count). The van der Waals surface area contributed by atoms with Crippen molar-refractivity contribution in [2.75, 3.05) is 18.4 Å². The average Bonchev–Trinajstić information content (AvgIpc) is 3.10. The Balaban J connectivity index is 1.80. The third-order valence-corrected chi connectivity index (χ3v) is 5.70. The molecule has 1 saturated heterocycles. The van der Waals surface area contributed by atoms with E-state index in [-0.39, 0.29) is 17.2 Å². The van der Waals surface area contributed by atoms with Gasteiger partial charge in [0.25, 0.3) is 5.91 Å². The molecule has 1 aliphatic heterocycles. The minimum absolute atomic E-state index is 0.0776. The Morgan fingerprint density at radius 3 is 2.83 bits per heavy atom. The smallest absolute Gasteiger partial charge is 0.291 e. The van der Waals surface area contributed by atoms with E-state index < -0.39 is 22.0 Å². The predicted octanol–water partition coefficient (Wildman–Crippen LogP) is 1.68. The number of furan rings is 1. The van der Waals surface area contributed by atoms with Crippen LogP contribution in [-0.4, -0.2) is 42.9 Å². The molecule has 1 aliphatic rings. The van der Waals surface area contributed by atoms with Gasteiger partial charge in [0.05, 0.1) is 17.3 Å². The summed E-state index contributed by atoms with van der Waals surface area (Å²) >= 11 is 0. The van der Waals surface area contributed by atoms with Crippen molar-refractivity contribution in [2.45, 2.75) is 23.8 Å². The molecule has 24 heavy (non-hydrogen) atoms. The van der Waals surface area contributed by atoms with E-state index >= 15 is 0 Å². The van der Waals surface area contributed by atoms with Crippen molar-refractivity contribution < 1.29 is 22.7 Å². The molecule has 0 saturated carbocycles. The largest absolute Gasteiger partial charge is 0.459 e. The molecule has 2 heterocycles. The summed E-state index contributed by atoms with van der Waals surface area (Å²) in [5, 5.41) is 12.3. The molecule has 8 heteroatoms. The number of nitrogens with one attached hydrogen (secondary N) is 1. The molecular formula is C16H18N2O5S. The average molecular weight is 350 g/mol. The van der Waals surface area contributed by atoms with Crippen molar-refractivity contribution in [3.8, 4) is 0 Å². The fraction of sp³-hybridized carbons (Fsp3) is 0.312. The van der Waals surface area contributed by atoms with E-state index in [0.29, 0.717) is 25.1 Å². The molecule has 128 valence electrons. The molecule has 0 unspecified atom stereocenters. The number of β-amino-alcohol motifs (C(OH)–C–C–N with tert-alkyl or cyclic N) is 1. The van der Waals surface area contributed by atoms with Gasteiger partial charge in [-0.2, -0.15) is 4.31 Å². The second kappa shape index (κ2) is 6.76. The maximum absolute atomic E-state index is 12.7. The van der Waals surface area contributed by atoms with Gasteiger partial charge in [-0.05, 0) is 43.2 Å². The first-order valence-corrected chi connectivity index (χ1v) is 9.04. The summed E-state index contributed by atoms with van der Waals surface area (Å²) in [6.45, 7) is 0.466. The van der Waals surface area contributed by atoms with Crippen molar-refractivity contribution in [3.05, 3.63) is 48.4 Å². The minimum Gasteiger partial charge on any atom is -0.459 e.